The molecule has 0 spiro atoms. The van der Waals surface area contributed by atoms with E-state index in [9.17, 15) is 9.65 Å². The van der Waals surface area contributed by atoms with E-state index in [1.54, 1.807) is 6.92 Å². The molecule has 1 saturated carbocycles. The number of hydrogen-bond acceptors (Lipinski definition) is 2. The topological polar surface area (TPSA) is 33.0 Å². The van der Waals surface area contributed by atoms with E-state index in [1.807, 2.05) is 12.2 Å². The van der Waals surface area contributed by atoms with Crippen molar-refractivity contribution in [2.24, 2.45) is 5.41 Å². The Bertz CT molecular complexity index is 899. The van der Waals surface area contributed by atoms with Crippen LogP contribution in [0.3, 0.4) is 0 Å². The molecule has 0 heterocycles. The Labute approximate surface area is 240 Å². The zero-order valence-corrected chi connectivity index (χ0v) is 25.7. The third kappa shape index (κ3) is 11.9. The maximum atomic E-state index is 14.8. The molecular weight excluding hydrogens is 481 g/mol. The second kappa shape index (κ2) is 17.6. The predicted molar refractivity (Wildman–Crippen MR) is 165 cm³/mol. The summed E-state index contributed by atoms with van der Waals surface area (Å²) in [6.07, 6.45) is 22.4. The maximum Gasteiger partial charge on any atom is 0.142 e. The number of halogens is 1. The van der Waals surface area contributed by atoms with Crippen LogP contribution in [-0.2, 0) is 4.74 Å². The largest absolute Gasteiger partial charge is 0.491 e. The Morgan fingerprint density at radius 1 is 1.05 bits per heavy atom. The molecule has 1 aliphatic rings. The molecule has 0 amide bonds. The van der Waals surface area contributed by atoms with Crippen molar-refractivity contribution in [2.45, 2.75) is 148 Å². The highest BCUT2D eigenvalue weighted by molar-refractivity contribution is 5.31. The van der Waals surface area contributed by atoms with Gasteiger partial charge < -0.3 is 4.74 Å². The summed E-state index contributed by atoms with van der Waals surface area (Å²) in [6, 6.07) is 11.8. The fourth-order valence-corrected chi connectivity index (χ4v) is 5.84. The van der Waals surface area contributed by atoms with Gasteiger partial charge in [-0.05, 0) is 87.0 Å². The Hall–Kier alpha value is -2.08. The molecule has 218 valence electrons. The van der Waals surface area contributed by atoms with Gasteiger partial charge in [0, 0.05) is 0 Å². The van der Waals surface area contributed by atoms with Gasteiger partial charge in [-0.25, -0.2) is 4.39 Å². The van der Waals surface area contributed by atoms with Gasteiger partial charge in [0.05, 0.1) is 11.5 Å². The van der Waals surface area contributed by atoms with E-state index >= 15 is 0 Å². The van der Waals surface area contributed by atoms with Gasteiger partial charge in [0.1, 0.15) is 18.0 Å². The van der Waals surface area contributed by atoms with Gasteiger partial charge in [0.25, 0.3) is 0 Å². The van der Waals surface area contributed by atoms with Crippen LogP contribution < -0.4 is 0 Å². The van der Waals surface area contributed by atoms with E-state index in [1.165, 1.54) is 43.2 Å². The number of ether oxygens (including phenoxy) is 1. The molecule has 2 atom stereocenters. The van der Waals surface area contributed by atoms with Gasteiger partial charge in [0.2, 0.25) is 0 Å². The number of unbranched alkanes of at least 4 members (excludes halogenated alkanes) is 6. The SMILES string of the molecule is CC/C=C(\C=C/C(C)c1ccc(C2CCC(C#N)(CCCCCCC)CC2)cc1)OC[C@@](C)(F)CCCCC. The first-order valence-electron chi connectivity index (χ1n) is 16.0. The second-order valence-electron chi connectivity index (χ2n) is 12.3. The van der Waals surface area contributed by atoms with Crippen LogP contribution in [0.15, 0.2) is 48.3 Å². The molecular formula is C36H56FNO. The molecule has 1 unspecified atom stereocenters. The normalized spacial score (nSPS) is 22.4. The van der Waals surface area contributed by atoms with Gasteiger partial charge >= 0.3 is 0 Å². The Morgan fingerprint density at radius 3 is 2.31 bits per heavy atom. The van der Waals surface area contributed by atoms with Crippen molar-refractivity contribution >= 4 is 0 Å². The summed E-state index contributed by atoms with van der Waals surface area (Å²) >= 11 is 0. The van der Waals surface area contributed by atoms with E-state index in [4.69, 9.17) is 4.74 Å². The molecule has 1 fully saturated rings. The predicted octanol–water partition coefficient (Wildman–Crippen LogP) is 11.5. The summed E-state index contributed by atoms with van der Waals surface area (Å²) in [6.45, 7) is 10.4. The van der Waals surface area contributed by atoms with Crippen LogP contribution in [0, 0.1) is 16.7 Å². The average Bonchev–Trinajstić information content (AvgIpc) is 2.95. The number of nitrogens with zero attached hydrogens (tertiary/aromatic N) is 1. The van der Waals surface area contributed by atoms with Gasteiger partial charge in [-0.15, -0.1) is 0 Å². The third-order valence-corrected chi connectivity index (χ3v) is 8.67. The summed E-state index contributed by atoms with van der Waals surface area (Å²) in [7, 11) is 0. The zero-order valence-electron chi connectivity index (χ0n) is 25.7. The van der Waals surface area contributed by atoms with E-state index in [-0.39, 0.29) is 17.9 Å². The number of rotatable bonds is 18. The van der Waals surface area contributed by atoms with Crippen LogP contribution in [0.4, 0.5) is 4.39 Å². The van der Waals surface area contributed by atoms with Crippen molar-refractivity contribution in [2.75, 3.05) is 6.61 Å². The average molecular weight is 538 g/mol. The fourth-order valence-electron chi connectivity index (χ4n) is 5.84. The van der Waals surface area contributed by atoms with Crippen LogP contribution in [0.2, 0.25) is 0 Å². The van der Waals surface area contributed by atoms with Crippen molar-refractivity contribution in [3.8, 4) is 6.07 Å². The summed E-state index contributed by atoms with van der Waals surface area (Å²) < 4.78 is 20.7. The van der Waals surface area contributed by atoms with E-state index in [2.05, 4.69) is 64.1 Å². The quantitative estimate of drug-likeness (QED) is 0.106. The fraction of sp³-hybridized carbons (Fsp3) is 0.694. The minimum atomic E-state index is -1.29. The van der Waals surface area contributed by atoms with Crippen LogP contribution in [0.25, 0.3) is 0 Å². The first-order chi connectivity index (χ1) is 18.8. The Kier molecular flexibility index (Phi) is 14.9. The summed E-state index contributed by atoms with van der Waals surface area (Å²) in [5.74, 6) is 1.56. The molecule has 1 aliphatic carbocycles. The first-order valence-corrected chi connectivity index (χ1v) is 16.0. The van der Waals surface area contributed by atoms with Crippen LogP contribution in [-0.4, -0.2) is 12.3 Å². The number of nitriles is 1. The highest BCUT2D eigenvalue weighted by Gasteiger charge is 2.35. The molecule has 0 aromatic heterocycles. The Balaban J connectivity index is 1.88. The molecule has 0 aliphatic heterocycles. The molecule has 3 heteroatoms. The number of allylic oxidation sites excluding steroid dienone is 3. The van der Waals surface area contributed by atoms with E-state index in [0.717, 1.165) is 63.5 Å². The lowest BCUT2D eigenvalue weighted by atomic mass is 9.67. The minimum Gasteiger partial charge on any atom is -0.491 e. The van der Waals surface area contributed by atoms with Crippen molar-refractivity contribution < 1.29 is 9.13 Å². The zero-order chi connectivity index (χ0) is 28.6. The smallest absolute Gasteiger partial charge is 0.142 e. The second-order valence-corrected chi connectivity index (χ2v) is 12.3. The van der Waals surface area contributed by atoms with Gasteiger partial charge in [0.15, 0.2) is 0 Å². The number of alkyl halides is 1. The Morgan fingerprint density at radius 2 is 1.69 bits per heavy atom. The summed E-state index contributed by atoms with van der Waals surface area (Å²) in [4.78, 5) is 0. The standard InChI is InChI=1S/C36H56FNO/c1-6-9-11-12-14-25-36(28-38)26-22-33(23-27-36)32-19-17-31(18-20-32)30(4)16-21-34(15-8-3)39-29-35(5,37)24-13-10-7-2/h15-21,30,33H,6-14,22-27,29H2,1-5H3/b21-16-,34-15+/t30?,33?,35-,36?/m0/s1. The molecule has 2 nitrogen and oxygen atoms in total. The molecule has 0 N–H and O–H groups in total. The van der Waals surface area contributed by atoms with Crippen molar-refractivity contribution in [1.82, 2.24) is 0 Å². The van der Waals surface area contributed by atoms with E-state index < -0.39 is 5.67 Å². The van der Waals surface area contributed by atoms with E-state index in [0.29, 0.717) is 12.3 Å². The molecule has 0 radical (unpaired) electrons. The monoisotopic (exact) mass is 537 g/mol. The van der Waals surface area contributed by atoms with Crippen molar-refractivity contribution in [3.63, 3.8) is 0 Å². The highest BCUT2D eigenvalue weighted by atomic mass is 19.1. The van der Waals surface area contributed by atoms with Gasteiger partial charge in [-0.3, -0.25) is 0 Å². The number of hydrogen-bond donors (Lipinski definition) is 0. The van der Waals surface area contributed by atoms with Gasteiger partial charge in [-0.1, -0.05) is 109 Å². The molecule has 1 aromatic carbocycles. The molecule has 0 bridgehead atoms. The summed E-state index contributed by atoms with van der Waals surface area (Å²) in [5.41, 5.74) is 1.29. The molecule has 39 heavy (non-hydrogen) atoms. The first kappa shape index (κ1) is 33.1. The highest BCUT2D eigenvalue weighted by Crippen LogP contribution is 2.45. The van der Waals surface area contributed by atoms with Crippen LogP contribution in [0.5, 0.6) is 0 Å². The van der Waals surface area contributed by atoms with Crippen LogP contribution in [0.1, 0.15) is 154 Å². The third-order valence-electron chi connectivity index (χ3n) is 8.67. The minimum absolute atomic E-state index is 0.0944. The maximum absolute atomic E-state index is 14.8. The molecule has 1 aromatic rings. The lowest BCUT2D eigenvalue weighted by molar-refractivity contribution is 0.0573. The lowest BCUT2D eigenvalue weighted by Crippen LogP contribution is -2.25. The van der Waals surface area contributed by atoms with Gasteiger partial charge in [-0.2, -0.15) is 5.26 Å². The number of benzene rings is 1. The summed E-state index contributed by atoms with van der Waals surface area (Å²) in [5, 5.41) is 9.95. The lowest BCUT2D eigenvalue weighted by Gasteiger charge is -2.35. The molecule has 0 saturated heterocycles. The van der Waals surface area contributed by atoms with Crippen molar-refractivity contribution in [3.05, 3.63) is 59.4 Å². The van der Waals surface area contributed by atoms with Crippen LogP contribution >= 0.6 is 0 Å². The van der Waals surface area contributed by atoms with Crippen molar-refractivity contribution in [1.29, 1.82) is 5.26 Å². The molecule has 2 rings (SSSR count).